The van der Waals surface area contributed by atoms with Crippen LogP contribution in [0.25, 0.3) is 0 Å². The normalized spacial score (nSPS) is 24.2. The van der Waals surface area contributed by atoms with E-state index in [0.717, 1.165) is 44.9 Å². The number of benzene rings is 2. The van der Waals surface area contributed by atoms with E-state index in [1.54, 1.807) is 0 Å². The molecular weight excluding hydrogens is 296 g/mol. The van der Waals surface area contributed by atoms with Crippen LogP contribution in [0.5, 0.6) is 5.75 Å². The highest BCUT2D eigenvalue weighted by molar-refractivity contribution is 5.38. The van der Waals surface area contributed by atoms with Gasteiger partial charge in [-0.25, -0.2) is 0 Å². The van der Waals surface area contributed by atoms with Crippen molar-refractivity contribution in [1.29, 1.82) is 0 Å². The first kappa shape index (κ1) is 15.7. The highest BCUT2D eigenvalue weighted by Gasteiger charge is 2.39. The average Bonchev–Trinajstić information content (AvgIpc) is 2.74. The van der Waals surface area contributed by atoms with Crippen LogP contribution < -0.4 is 10.1 Å². The Morgan fingerprint density at radius 2 is 2.04 bits per heavy atom. The maximum atomic E-state index is 6.60. The van der Waals surface area contributed by atoms with Crippen molar-refractivity contribution in [2.75, 3.05) is 19.6 Å². The summed E-state index contributed by atoms with van der Waals surface area (Å²) in [5.74, 6) is 1.06. The molecule has 0 amide bonds. The third-order valence-corrected chi connectivity index (χ3v) is 5.17. The van der Waals surface area contributed by atoms with E-state index in [2.05, 4.69) is 65.7 Å². The molecule has 3 nitrogen and oxygen atoms in total. The highest BCUT2D eigenvalue weighted by atomic mass is 16.5. The SMILES string of the molecule is Cc1ccc2c(c1)CNC[C@]1(CCCN(Cc3ccccc3)C1)O2. The first-order valence-corrected chi connectivity index (χ1v) is 8.98. The van der Waals surface area contributed by atoms with Crippen LogP contribution in [0.15, 0.2) is 48.5 Å². The summed E-state index contributed by atoms with van der Waals surface area (Å²) in [6.45, 7) is 7.11. The molecular formula is C21H26N2O. The van der Waals surface area contributed by atoms with Crippen LogP contribution in [0.2, 0.25) is 0 Å². The predicted molar refractivity (Wildman–Crippen MR) is 97.2 cm³/mol. The van der Waals surface area contributed by atoms with Crippen molar-refractivity contribution in [1.82, 2.24) is 10.2 Å². The standard InChI is InChI=1S/C21H26N2O/c1-17-8-9-20-19(12-17)13-22-15-21(24-20)10-5-11-23(16-21)14-18-6-3-2-4-7-18/h2-4,6-9,12,22H,5,10-11,13-16H2,1H3/t21-/m0/s1. The second kappa shape index (κ2) is 6.58. The number of hydrogen-bond donors (Lipinski definition) is 1. The summed E-state index contributed by atoms with van der Waals surface area (Å²) in [5, 5.41) is 3.62. The molecule has 1 fully saturated rings. The summed E-state index contributed by atoms with van der Waals surface area (Å²) >= 11 is 0. The van der Waals surface area contributed by atoms with Crippen LogP contribution in [0.3, 0.4) is 0 Å². The molecule has 1 atom stereocenters. The van der Waals surface area contributed by atoms with Gasteiger partial charge in [-0.2, -0.15) is 0 Å². The van der Waals surface area contributed by atoms with Gasteiger partial charge in [-0.3, -0.25) is 4.90 Å². The number of ether oxygens (including phenoxy) is 1. The smallest absolute Gasteiger partial charge is 0.134 e. The zero-order valence-corrected chi connectivity index (χ0v) is 14.4. The maximum Gasteiger partial charge on any atom is 0.134 e. The van der Waals surface area contributed by atoms with Gasteiger partial charge >= 0.3 is 0 Å². The van der Waals surface area contributed by atoms with Crippen molar-refractivity contribution < 1.29 is 4.74 Å². The summed E-state index contributed by atoms with van der Waals surface area (Å²) in [6, 6.07) is 17.3. The van der Waals surface area contributed by atoms with Crippen molar-refractivity contribution in [2.24, 2.45) is 0 Å². The minimum atomic E-state index is -0.104. The highest BCUT2D eigenvalue weighted by Crippen LogP contribution is 2.33. The van der Waals surface area contributed by atoms with Crippen molar-refractivity contribution in [3.63, 3.8) is 0 Å². The molecule has 3 heteroatoms. The molecule has 1 spiro atoms. The Balaban J connectivity index is 1.52. The van der Waals surface area contributed by atoms with Crippen LogP contribution >= 0.6 is 0 Å². The van der Waals surface area contributed by atoms with Crippen LogP contribution in [0.4, 0.5) is 0 Å². The van der Waals surface area contributed by atoms with E-state index in [0.29, 0.717) is 0 Å². The second-order valence-corrected chi connectivity index (χ2v) is 7.30. The fourth-order valence-corrected chi connectivity index (χ4v) is 4.03. The van der Waals surface area contributed by atoms with Gasteiger partial charge in [0.2, 0.25) is 0 Å². The van der Waals surface area contributed by atoms with Gasteiger partial charge in [0, 0.05) is 31.7 Å². The molecule has 1 saturated heterocycles. The second-order valence-electron chi connectivity index (χ2n) is 7.30. The van der Waals surface area contributed by atoms with Crippen molar-refractivity contribution in [3.8, 4) is 5.75 Å². The van der Waals surface area contributed by atoms with Crippen LogP contribution in [0.1, 0.15) is 29.5 Å². The van der Waals surface area contributed by atoms with Gasteiger partial charge < -0.3 is 10.1 Å². The maximum absolute atomic E-state index is 6.60. The Morgan fingerprint density at radius 1 is 1.17 bits per heavy atom. The monoisotopic (exact) mass is 322 g/mol. The van der Waals surface area contributed by atoms with Gasteiger partial charge in [-0.15, -0.1) is 0 Å². The Labute approximate surface area is 144 Å². The van der Waals surface area contributed by atoms with E-state index in [-0.39, 0.29) is 5.60 Å². The number of fused-ring (bicyclic) bond motifs is 1. The molecule has 4 rings (SSSR count). The number of hydrogen-bond acceptors (Lipinski definition) is 3. The lowest BCUT2D eigenvalue weighted by atomic mass is 9.92. The molecule has 0 aliphatic carbocycles. The quantitative estimate of drug-likeness (QED) is 0.916. The fraction of sp³-hybridized carbons (Fsp3) is 0.429. The molecule has 0 unspecified atom stereocenters. The molecule has 0 bridgehead atoms. The van der Waals surface area contributed by atoms with Crippen molar-refractivity contribution in [3.05, 3.63) is 65.2 Å². The summed E-state index contributed by atoms with van der Waals surface area (Å²) in [4.78, 5) is 2.54. The number of aryl methyl sites for hydroxylation is 1. The topological polar surface area (TPSA) is 24.5 Å². The zero-order chi connectivity index (χ0) is 16.4. The lowest BCUT2D eigenvalue weighted by Crippen LogP contribution is -2.55. The molecule has 2 heterocycles. The largest absolute Gasteiger partial charge is 0.484 e. The van der Waals surface area contributed by atoms with E-state index in [9.17, 15) is 0 Å². The molecule has 2 aromatic carbocycles. The van der Waals surface area contributed by atoms with E-state index in [1.165, 1.54) is 23.1 Å². The van der Waals surface area contributed by atoms with Gasteiger partial charge in [-0.1, -0.05) is 48.0 Å². The first-order valence-electron chi connectivity index (χ1n) is 8.98. The Morgan fingerprint density at radius 3 is 2.92 bits per heavy atom. The van der Waals surface area contributed by atoms with Gasteiger partial charge in [-0.05, 0) is 37.9 Å². The molecule has 0 saturated carbocycles. The van der Waals surface area contributed by atoms with E-state index >= 15 is 0 Å². The number of piperidine rings is 1. The minimum absolute atomic E-state index is 0.104. The van der Waals surface area contributed by atoms with E-state index in [1.807, 2.05) is 0 Å². The Hall–Kier alpha value is -1.84. The summed E-state index contributed by atoms with van der Waals surface area (Å²) in [6.07, 6.45) is 2.31. The number of rotatable bonds is 2. The zero-order valence-electron chi connectivity index (χ0n) is 14.4. The number of nitrogens with one attached hydrogen (secondary N) is 1. The lowest BCUT2D eigenvalue weighted by Gasteiger charge is -2.42. The minimum Gasteiger partial charge on any atom is -0.484 e. The molecule has 2 aromatic rings. The van der Waals surface area contributed by atoms with Crippen LogP contribution in [0, 0.1) is 6.92 Å². The third kappa shape index (κ3) is 3.33. The third-order valence-electron chi connectivity index (χ3n) is 5.17. The van der Waals surface area contributed by atoms with E-state index in [4.69, 9.17) is 4.74 Å². The van der Waals surface area contributed by atoms with Gasteiger partial charge in [0.05, 0.1) is 0 Å². The van der Waals surface area contributed by atoms with E-state index < -0.39 is 0 Å². The molecule has 0 radical (unpaired) electrons. The van der Waals surface area contributed by atoms with Gasteiger partial charge in [0.25, 0.3) is 0 Å². The van der Waals surface area contributed by atoms with Gasteiger partial charge in [0.15, 0.2) is 0 Å². The number of likely N-dealkylation sites (tertiary alicyclic amines) is 1. The molecule has 2 aliphatic heterocycles. The number of nitrogens with zero attached hydrogens (tertiary/aromatic N) is 1. The average molecular weight is 322 g/mol. The lowest BCUT2D eigenvalue weighted by molar-refractivity contribution is -0.00731. The van der Waals surface area contributed by atoms with Crippen LogP contribution in [-0.2, 0) is 13.1 Å². The summed E-state index contributed by atoms with van der Waals surface area (Å²) in [7, 11) is 0. The predicted octanol–water partition coefficient (Wildman–Crippen LogP) is 3.51. The summed E-state index contributed by atoms with van der Waals surface area (Å²) in [5.41, 5.74) is 3.86. The fourth-order valence-electron chi connectivity index (χ4n) is 4.03. The Kier molecular flexibility index (Phi) is 4.30. The van der Waals surface area contributed by atoms with Crippen LogP contribution in [-0.4, -0.2) is 30.1 Å². The summed E-state index contributed by atoms with van der Waals surface area (Å²) < 4.78 is 6.60. The molecule has 0 aromatic heterocycles. The first-order chi connectivity index (χ1) is 11.7. The molecule has 24 heavy (non-hydrogen) atoms. The molecule has 2 aliphatic rings. The van der Waals surface area contributed by atoms with Gasteiger partial charge in [0.1, 0.15) is 11.4 Å². The molecule has 126 valence electrons. The van der Waals surface area contributed by atoms with Crippen molar-refractivity contribution in [2.45, 2.75) is 38.5 Å². The molecule has 1 N–H and O–H groups in total. The van der Waals surface area contributed by atoms with Crippen molar-refractivity contribution >= 4 is 0 Å². The Bertz CT molecular complexity index is 700.